The van der Waals surface area contributed by atoms with E-state index in [1.54, 1.807) is 37.8 Å². The topological polar surface area (TPSA) is 102 Å². The summed E-state index contributed by atoms with van der Waals surface area (Å²) in [5.41, 5.74) is 2.77. The highest BCUT2D eigenvalue weighted by atomic mass is 16.5. The zero-order valence-corrected chi connectivity index (χ0v) is 16.0. The number of methoxy groups -OCH3 is 1. The number of imidazole rings is 1. The number of nitrogens with zero attached hydrogens (tertiary/aromatic N) is 3. The Bertz CT molecular complexity index is 1150. The van der Waals surface area contributed by atoms with Crippen molar-refractivity contribution in [3.63, 3.8) is 0 Å². The number of aromatic amines is 1. The lowest BCUT2D eigenvalue weighted by molar-refractivity contribution is 0.102. The number of carbonyl (C=O) groups excluding carboxylic acids is 1. The van der Waals surface area contributed by atoms with Gasteiger partial charge in [-0.25, -0.2) is 9.97 Å². The molecule has 0 bridgehead atoms. The molecule has 0 radical (unpaired) electrons. The van der Waals surface area contributed by atoms with E-state index in [9.17, 15) is 4.79 Å². The van der Waals surface area contributed by atoms with Crippen molar-refractivity contribution in [2.24, 2.45) is 0 Å². The molecular weight excluding hydrogens is 370 g/mol. The van der Waals surface area contributed by atoms with Crippen LogP contribution in [0.2, 0.25) is 0 Å². The van der Waals surface area contributed by atoms with Gasteiger partial charge in [0.15, 0.2) is 5.65 Å². The van der Waals surface area contributed by atoms with E-state index in [1.165, 1.54) is 0 Å². The number of ether oxygens (including phenoxy) is 2. The molecule has 0 aliphatic heterocycles. The van der Waals surface area contributed by atoms with Crippen molar-refractivity contribution in [3.8, 4) is 22.9 Å². The van der Waals surface area contributed by atoms with E-state index in [0.717, 1.165) is 11.3 Å². The van der Waals surface area contributed by atoms with Gasteiger partial charge in [-0.05, 0) is 37.3 Å². The SMILES string of the molecule is CCOc1ccncc1NC(=O)c1ccnc2[nH]c(-c3ccc(OC)cc3)nc12. The number of benzene rings is 1. The number of hydrogen-bond acceptors (Lipinski definition) is 6. The number of amides is 1. The molecule has 0 unspecified atom stereocenters. The number of aromatic nitrogens is 4. The lowest BCUT2D eigenvalue weighted by atomic mass is 10.2. The average Bonchev–Trinajstić information content (AvgIpc) is 3.19. The molecule has 0 atom stereocenters. The van der Waals surface area contributed by atoms with Crippen molar-refractivity contribution in [2.75, 3.05) is 19.0 Å². The van der Waals surface area contributed by atoms with E-state index in [1.807, 2.05) is 31.2 Å². The summed E-state index contributed by atoms with van der Waals surface area (Å²) in [4.78, 5) is 29.0. The van der Waals surface area contributed by atoms with Crippen molar-refractivity contribution in [1.82, 2.24) is 19.9 Å². The molecule has 146 valence electrons. The number of fused-ring (bicyclic) bond motifs is 1. The summed E-state index contributed by atoms with van der Waals surface area (Å²) in [6.45, 7) is 2.36. The molecule has 3 heterocycles. The molecule has 1 aromatic carbocycles. The Morgan fingerprint density at radius 3 is 2.72 bits per heavy atom. The van der Waals surface area contributed by atoms with Gasteiger partial charge in [0.2, 0.25) is 0 Å². The van der Waals surface area contributed by atoms with Crippen LogP contribution in [0.4, 0.5) is 5.69 Å². The first-order valence-electron chi connectivity index (χ1n) is 9.07. The Hall–Kier alpha value is -3.94. The molecule has 29 heavy (non-hydrogen) atoms. The van der Waals surface area contributed by atoms with E-state index in [0.29, 0.717) is 40.6 Å². The highest BCUT2D eigenvalue weighted by Crippen LogP contribution is 2.26. The Morgan fingerprint density at radius 1 is 1.14 bits per heavy atom. The quantitative estimate of drug-likeness (QED) is 0.522. The van der Waals surface area contributed by atoms with Crippen LogP contribution in [0.15, 0.2) is 55.0 Å². The molecule has 0 saturated carbocycles. The van der Waals surface area contributed by atoms with E-state index < -0.39 is 0 Å². The van der Waals surface area contributed by atoms with Crippen molar-refractivity contribution in [3.05, 3.63) is 60.6 Å². The number of nitrogens with one attached hydrogen (secondary N) is 2. The summed E-state index contributed by atoms with van der Waals surface area (Å²) in [7, 11) is 1.62. The first-order chi connectivity index (χ1) is 14.2. The molecule has 1 amide bonds. The van der Waals surface area contributed by atoms with Gasteiger partial charge in [-0.3, -0.25) is 9.78 Å². The van der Waals surface area contributed by atoms with Crippen molar-refractivity contribution in [2.45, 2.75) is 6.92 Å². The molecule has 2 N–H and O–H groups in total. The second-order valence-corrected chi connectivity index (χ2v) is 6.13. The number of rotatable bonds is 6. The molecule has 0 fully saturated rings. The second kappa shape index (κ2) is 7.97. The summed E-state index contributed by atoms with van der Waals surface area (Å²) < 4.78 is 10.7. The largest absolute Gasteiger partial charge is 0.497 e. The molecule has 8 nitrogen and oxygen atoms in total. The van der Waals surface area contributed by atoms with Gasteiger partial charge < -0.3 is 19.8 Å². The molecular formula is C21H19N5O3. The molecule has 8 heteroatoms. The molecule has 0 spiro atoms. The maximum absolute atomic E-state index is 12.9. The number of pyridine rings is 2. The van der Waals surface area contributed by atoms with E-state index in [2.05, 4.69) is 25.3 Å². The zero-order valence-electron chi connectivity index (χ0n) is 16.0. The number of anilines is 1. The van der Waals surface area contributed by atoms with Gasteiger partial charge >= 0.3 is 0 Å². The fourth-order valence-electron chi connectivity index (χ4n) is 2.93. The molecule has 4 aromatic rings. The summed E-state index contributed by atoms with van der Waals surface area (Å²) in [6, 6.07) is 10.8. The lowest BCUT2D eigenvalue weighted by Crippen LogP contribution is -2.14. The maximum Gasteiger partial charge on any atom is 0.258 e. The fraction of sp³-hybridized carbons (Fsp3) is 0.143. The maximum atomic E-state index is 12.9. The third kappa shape index (κ3) is 3.73. The first kappa shape index (κ1) is 18.4. The predicted molar refractivity (Wildman–Crippen MR) is 109 cm³/mol. The van der Waals surface area contributed by atoms with Gasteiger partial charge in [0.1, 0.15) is 28.5 Å². The molecule has 3 aromatic heterocycles. The van der Waals surface area contributed by atoms with Crippen molar-refractivity contribution < 1.29 is 14.3 Å². The van der Waals surface area contributed by atoms with Crippen LogP contribution in [0.3, 0.4) is 0 Å². The van der Waals surface area contributed by atoms with Gasteiger partial charge in [0, 0.05) is 24.0 Å². The van der Waals surface area contributed by atoms with E-state index >= 15 is 0 Å². The zero-order chi connectivity index (χ0) is 20.2. The number of H-pyrrole nitrogens is 1. The van der Waals surface area contributed by atoms with Crippen LogP contribution in [0.1, 0.15) is 17.3 Å². The Labute approximate surface area is 166 Å². The molecule has 0 saturated heterocycles. The Morgan fingerprint density at radius 2 is 1.97 bits per heavy atom. The summed E-state index contributed by atoms with van der Waals surface area (Å²) >= 11 is 0. The van der Waals surface area contributed by atoms with Crippen LogP contribution in [-0.4, -0.2) is 39.6 Å². The highest BCUT2D eigenvalue weighted by Gasteiger charge is 2.17. The summed E-state index contributed by atoms with van der Waals surface area (Å²) in [6.07, 6.45) is 4.73. The molecule has 0 aliphatic carbocycles. The molecule has 4 rings (SSSR count). The van der Waals surface area contributed by atoms with Gasteiger partial charge in [-0.15, -0.1) is 0 Å². The average molecular weight is 389 g/mol. The minimum atomic E-state index is -0.320. The third-order valence-electron chi connectivity index (χ3n) is 4.32. The van der Waals surface area contributed by atoms with Gasteiger partial charge in [-0.2, -0.15) is 0 Å². The van der Waals surface area contributed by atoms with Gasteiger partial charge in [0.05, 0.1) is 25.5 Å². The minimum absolute atomic E-state index is 0.320. The summed E-state index contributed by atoms with van der Waals surface area (Å²) in [5.74, 6) is 1.61. The Kier molecular flexibility index (Phi) is 5.07. The normalized spacial score (nSPS) is 10.7. The lowest BCUT2D eigenvalue weighted by Gasteiger charge is -2.10. The van der Waals surface area contributed by atoms with Crippen LogP contribution in [-0.2, 0) is 0 Å². The Balaban J connectivity index is 1.67. The van der Waals surface area contributed by atoms with Crippen molar-refractivity contribution in [1.29, 1.82) is 0 Å². The highest BCUT2D eigenvalue weighted by molar-refractivity contribution is 6.11. The minimum Gasteiger partial charge on any atom is -0.497 e. The van der Waals surface area contributed by atoms with Crippen molar-refractivity contribution >= 4 is 22.8 Å². The van der Waals surface area contributed by atoms with Crippen LogP contribution in [0, 0.1) is 0 Å². The van der Waals surface area contributed by atoms with Gasteiger partial charge in [-0.1, -0.05) is 0 Å². The van der Waals surface area contributed by atoms with Crippen LogP contribution < -0.4 is 14.8 Å². The standard InChI is InChI=1S/C21H19N5O3/c1-3-29-17-9-10-22-12-16(17)24-21(27)15-8-11-23-20-18(15)25-19(26-20)13-4-6-14(28-2)7-5-13/h4-12H,3H2,1-2H3,(H,24,27)(H,23,25,26). The van der Waals surface area contributed by atoms with Crippen LogP contribution >= 0.6 is 0 Å². The predicted octanol–water partition coefficient (Wildman–Crippen LogP) is 3.68. The first-order valence-corrected chi connectivity index (χ1v) is 9.07. The van der Waals surface area contributed by atoms with Crippen LogP contribution in [0.25, 0.3) is 22.6 Å². The molecule has 0 aliphatic rings. The van der Waals surface area contributed by atoms with E-state index in [-0.39, 0.29) is 5.91 Å². The monoisotopic (exact) mass is 389 g/mol. The number of hydrogen-bond donors (Lipinski definition) is 2. The number of carbonyl (C=O) groups is 1. The fourth-order valence-corrected chi connectivity index (χ4v) is 2.93. The summed E-state index contributed by atoms with van der Waals surface area (Å²) in [5, 5.41) is 2.84. The van der Waals surface area contributed by atoms with E-state index in [4.69, 9.17) is 9.47 Å². The van der Waals surface area contributed by atoms with Crippen LogP contribution in [0.5, 0.6) is 11.5 Å². The van der Waals surface area contributed by atoms with Gasteiger partial charge in [0.25, 0.3) is 5.91 Å². The third-order valence-corrected chi connectivity index (χ3v) is 4.32. The second-order valence-electron chi connectivity index (χ2n) is 6.13. The smallest absolute Gasteiger partial charge is 0.258 e.